The Bertz CT molecular complexity index is 407. The quantitative estimate of drug-likeness (QED) is 0.742. The Hall–Kier alpha value is -1.22. The molecule has 0 amide bonds. The normalized spacial score (nSPS) is 18.0. The summed E-state index contributed by atoms with van der Waals surface area (Å²) < 4.78 is 11.9. The molecule has 0 heterocycles. The minimum absolute atomic E-state index is 0.0873. The lowest BCUT2D eigenvalue weighted by molar-refractivity contribution is -0.114. The molecule has 14 heavy (non-hydrogen) atoms. The van der Waals surface area contributed by atoms with Crippen LogP contribution in [0.4, 0.5) is 0 Å². The van der Waals surface area contributed by atoms with Crippen molar-refractivity contribution in [3.8, 4) is 0 Å². The molecule has 1 aliphatic carbocycles. The number of rotatable bonds is 2. The molecule has 0 saturated carbocycles. The van der Waals surface area contributed by atoms with Gasteiger partial charge < -0.3 is 0 Å². The van der Waals surface area contributed by atoms with Crippen molar-refractivity contribution in [2.75, 3.05) is 0 Å². The maximum Gasteiger partial charge on any atom is 0.156 e. The second-order valence-corrected chi connectivity index (χ2v) is 4.69. The first-order valence-corrected chi connectivity index (χ1v) is 5.62. The standard InChI is InChI=1S/C11H10O2S/c12-9-6-7-11(8-9)14(13)10-4-2-1-3-5-10/h1-5,8H,6-7H2. The maximum absolute atomic E-state index is 11.9. The molecular formula is C11H10O2S. The summed E-state index contributed by atoms with van der Waals surface area (Å²) in [5.41, 5.74) is 0. The number of hydrogen-bond acceptors (Lipinski definition) is 2. The number of benzene rings is 1. The molecule has 0 N–H and O–H groups in total. The van der Waals surface area contributed by atoms with Gasteiger partial charge in [-0.05, 0) is 24.6 Å². The van der Waals surface area contributed by atoms with Crippen molar-refractivity contribution < 1.29 is 9.00 Å². The van der Waals surface area contributed by atoms with Gasteiger partial charge in [0.1, 0.15) is 0 Å². The van der Waals surface area contributed by atoms with Crippen LogP contribution in [-0.4, -0.2) is 9.99 Å². The summed E-state index contributed by atoms with van der Waals surface area (Å²) in [5.74, 6) is 0.0873. The van der Waals surface area contributed by atoms with E-state index < -0.39 is 10.8 Å². The summed E-state index contributed by atoms with van der Waals surface area (Å²) in [4.78, 5) is 12.5. The summed E-state index contributed by atoms with van der Waals surface area (Å²) in [6, 6.07) is 9.23. The fourth-order valence-corrected chi connectivity index (χ4v) is 2.64. The molecule has 72 valence electrons. The van der Waals surface area contributed by atoms with Crippen LogP contribution in [0.3, 0.4) is 0 Å². The third-order valence-corrected chi connectivity index (χ3v) is 3.63. The summed E-state index contributed by atoms with van der Waals surface area (Å²) >= 11 is 0. The van der Waals surface area contributed by atoms with Crippen LogP contribution < -0.4 is 0 Å². The van der Waals surface area contributed by atoms with Gasteiger partial charge in [-0.1, -0.05) is 18.2 Å². The molecule has 1 atom stereocenters. The van der Waals surface area contributed by atoms with Gasteiger partial charge in [0.2, 0.25) is 0 Å². The van der Waals surface area contributed by atoms with E-state index in [-0.39, 0.29) is 5.78 Å². The number of ketones is 1. The summed E-state index contributed by atoms with van der Waals surface area (Å²) in [5, 5.41) is 0. The average molecular weight is 206 g/mol. The van der Waals surface area contributed by atoms with E-state index in [2.05, 4.69) is 0 Å². The lowest BCUT2D eigenvalue weighted by Crippen LogP contribution is -1.92. The average Bonchev–Trinajstić information content (AvgIpc) is 2.65. The van der Waals surface area contributed by atoms with Gasteiger partial charge in [-0.3, -0.25) is 4.79 Å². The van der Waals surface area contributed by atoms with Gasteiger partial charge in [-0.2, -0.15) is 0 Å². The molecule has 1 aromatic rings. The lowest BCUT2D eigenvalue weighted by Gasteiger charge is -2.00. The Morgan fingerprint density at radius 2 is 1.79 bits per heavy atom. The first-order chi connectivity index (χ1) is 6.77. The number of allylic oxidation sites excluding steroid dienone is 2. The van der Waals surface area contributed by atoms with E-state index in [1.807, 2.05) is 30.3 Å². The fourth-order valence-electron chi connectivity index (χ4n) is 1.41. The van der Waals surface area contributed by atoms with Gasteiger partial charge in [0, 0.05) is 16.2 Å². The fraction of sp³-hybridized carbons (Fsp3) is 0.182. The van der Waals surface area contributed by atoms with Crippen molar-refractivity contribution in [3.63, 3.8) is 0 Å². The van der Waals surface area contributed by atoms with E-state index in [1.54, 1.807) is 0 Å². The minimum Gasteiger partial charge on any atom is -0.295 e. The molecule has 3 heteroatoms. The molecule has 0 saturated heterocycles. The molecule has 0 aromatic heterocycles. The molecule has 2 rings (SSSR count). The van der Waals surface area contributed by atoms with Crippen LogP contribution in [0.15, 0.2) is 46.2 Å². The molecule has 0 bridgehead atoms. The van der Waals surface area contributed by atoms with Crippen molar-refractivity contribution >= 4 is 16.6 Å². The monoisotopic (exact) mass is 206 g/mol. The van der Waals surface area contributed by atoms with Gasteiger partial charge in [0.25, 0.3) is 0 Å². The molecule has 0 spiro atoms. The summed E-state index contributed by atoms with van der Waals surface area (Å²) in [6.45, 7) is 0. The third-order valence-electron chi connectivity index (χ3n) is 2.14. The molecule has 1 unspecified atom stereocenters. The molecule has 2 nitrogen and oxygen atoms in total. The second kappa shape index (κ2) is 3.88. The SMILES string of the molecule is O=C1C=C(S(=O)c2ccccc2)CC1. The predicted octanol–water partition coefficient (Wildman–Crippen LogP) is 2.04. The van der Waals surface area contributed by atoms with Crippen LogP contribution in [0.5, 0.6) is 0 Å². The topological polar surface area (TPSA) is 34.1 Å². The first-order valence-electron chi connectivity index (χ1n) is 4.47. The van der Waals surface area contributed by atoms with E-state index in [4.69, 9.17) is 0 Å². The highest BCUT2D eigenvalue weighted by Crippen LogP contribution is 2.23. The van der Waals surface area contributed by atoms with E-state index in [1.165, 1.54) is 6.08 Å². The van der Waals surface area contributed by atoms with Crippen LogP contribution in [0.2, 0.25) is 0 Å². The van der Waals surface area contributed by atoms with E-state index in [9.17, 15) is 9.00 Å². The smallest absolute Gasteiger partial charge is 0.156 e. The van der Waals surface area contributed by atoms with Gasteiger partial charge in [-0.25, -0.2) is 4.21 Å². The highest BCUT2D eigenvalue weighted by atomic mass is 32.2. The third kappa shape index (κ3) is 1.82. The van der Waals surface area contributed by atoms with Crippen LogP contribution >= 0.6 is 0 Å². The number of carbonyl (C=O) groups excluding carboxylic acids is 1. The van der Waals surface area contributed by atoms with Crippen LogP contribution in [0.1, 0.15) is 12.8 Å². The van der Waals surface area contributed by atoms with Gasteiger partial charge in [0.15, 0.2) is 5.78 Å². The lowest BCUT2D eigenvalue weighted by atomic mass is 10.3. The highest BCUT2D eigenvalue weighted by Gasteiger charge is 2.18. The van der Waals surface area contributed by atoms with Gasteiger partial charge in [-0.15, -0.1) is 0 Å². The van der Waals surface area contributed by atoms with Gasteiger partial charge >= 0.3 is 0 Å². The second-order valence-electron chi connectivity index (χ2n) is 3.16. The summed E-state index contributed by atoms with van der Waals surface area (Å²) in [6.07, 6.45) is 2.66. The van der Waals surface area contributed by atoms with Crippen LogP contribution in [0, 0.1) is 0 Å². The Labute approximate surface area is 85.1 Å². The molecule has 0 aliphatic heterocycles. The minimum atomic E-state index is -1.14. The first kappa shape index (κ1) is 9.34. The number of hydrogen-bond donors (Lipinski definition) is 0. The highest BCUT2D eigenvalue weighted by molar-refractivity contribution is 7.89. The Morgan fingerprint density at radius 1 is 1.07 bits per heavy atom. The molecule has 1 aliphatic rings. The van der Waals surface area contributed by atoms with Crippen molar-refractivity contribution in [1.29, 1.82) is 0 Å². The van der Waals surface area contributed by atoms with Crippen molar-refractivity contribution in [2.45, 2.75) is 17.7 Å². The van der Waals surface area contributed by atoms with Crippen molar-refractivity contribution in [1.82, 2.24) is 0 Å². The Kier molecular flexibility index (Phi) is 2.59. The molecule has 0 radical (unpaired) electrons. The number of carbonyl (C=O) groups is 1. The van der Waals surface area contributed by atoms with Crippen LogP contribution in [-0.2, 0) is 15.6 Å². The molecule has 1 aromatic carbocycles. The van der Waals surface area contributed by atoms with Crippen LogP contribution in [0.25, 0.3) is 0 Å². The maximum atomic E-state index is 11.9. The largest absolute Gasteiger partial charge is 0.295 e. The van der Waals surface area contributed by atoms with E-state index in [0.717, 1.165) is 9.80 Å². The Morgan fingerprint density at radius 3 is 2.36 bits per heavy atom. The molecular weight excluding hydrogens is 196 g/mol. The zero-order valence-electron chi connectivity index (χ0n) is 7.60. The van der Waals surface area contributed by atoms with Crippen molar-refractivity contribution in [3.05, 3.63) is 41.3 Å². The van der Waals surface area contributed by atoms with Crippen molar-refractivity contribution in [2.24, 2.45) is 0 Å². The van der Waals surface area contributed by atoms with Gasteiger partial charge in [0.05, 0.1) is 10.8 Å². The zero-order valence-corrected chi connectivity index (χ0v) is 8.42. The summed E-state index contributed by atoms with van der Waals surface area (Å²) in [7, 11) is -1.14. The van der Waals surface area contributed by atoms with E-state index in [0.29, 0.717) is 12.8 Å². The molecule has 0 fully saturated rings. The van der Waals surface area contributed by atoms with E-state index >= 15 is 0 Å². The predicted molar refractivity (Wildman–Crippen MR) is 55.2 cm³/mol. The Balaban J connectivity index is 2.26. The zero-order chi connectivity index (χ0) is 9.97.